The molecule has 5 rings (SSSR count). The minimum atomic E-state index is -0.305. The number of amides is 2. The molecule has 0 fully saturated rings. The number of aromatic nitrogens is 3. The van der Waals surface area contributed by atoms with Gasteiger partial charge in [-0.2, -0.15) is 4.98 Å². The van der Waals surface area contributed by atoms with Crippen LogP contribution in [0.5, 0.6) is 5.75 Å². The molecule has 43 heavy (non-hydrogen) atoms. The van der Waals surface area contributed by atoms with E-state index in [0.29, 0.717) is 40.9 Å². The molecule has 0 aliphatic rings. The molecule has 2 amide bonds. The van der Waals surface area contributed by atoms with Gasteiger partial charge in [-0.15, -0.1) is 0 Å². The summed E-state index contributed by atoms with van der Waals surface area (Å²) in [4.78, 5) is 36.5. The summed E-state index contributed by atoms with van der Waals surface area (Å²) in [6.45, 7) is 2.57. The van der Waals surface area contributed by atoms with E-state index in [0.717, 1.165) is 22.3 Å². The number of aryl methyl sites for hydroxylation is 1. The van der Waals surface area contributed by atoms with Gasteiger partial charge < -0.3 is 30.2 Å². The third-order valence-corrected chi connectivity index (χ3v) is 6.51. The Morgan fingerprint density at radius 3 is 2.44 bits per heavy atom. The van der Waals surface area contributed by atoms with Crippen molar-refractivity contribution in [3.63, 3.8) is 0 Å². The van der Waals surface area contributed by atoms with Crippen LogP contribution in [0, 0.1) is 6.92 Å². The van der Waals surface area contributed by atoms with Gasteiger partial charge in [-0.05, 0) is 75.6 Å². The number of anilines is 4. The molecular weight excluding hydrogens is 542 g/mol. The molecule has 0 spiro atoms. The molecule has 0 unspecified atom stereocenters. The standard InChI is InChI=1S/C33H33N7O3/c1-22-19-30(40-18-16-27-28(40)13-7-14-29(27)43-4)38-33(34-22)37-26-12-6-11-25(21-26)36-32(42)23-9-5-10-24(20-23)35-31(41)15-8-17-39(2)3/h5-16,18-21H,17H2,1-4H3,(H,35,41)(H,36,42)(H,34,37,38). The average molecular weight is 576 g/mol. The summed E-state index contributed by atoms with van der Waals surface area (Å²) in [6.07, 6.45) is 5.21. The van der Waals surface area contributed by atoms with Gasteiger partial charge in [0.1, 0.15) is 11.6 Å². The van der Waals surface area contributed by atoms with E-state index in [1.54, 1.807) is 49.6 Å². The number of nitrogens with zero attached hydrogens (tertiary/aromatic N) is 4. The van der Waals surface area contributed by atoms with Crippen LogP contribution in [0.15, 0.2) is 97.2 Å². The first-order valence-corrected chi connectivity index (χ1v) is 13.7. The van der Waals surface area contributed by atoms with E-state index in [4.69, 9.17) is 9.72 Å². The van der Waals surface area contributed by atoms with Crippen molar-refractivity contribution in [2.45, 2.75) is 6.92 Å². The summed E-state index contributed by atoms with van der Waals surface area (Å²) >= 11 is 0. The highest BCUT2D eigenvalue weighted by molar-refractivity contribution is 6.06. The fourth-order valence-corrected chi connectivity index (χ4v) is 4.55. The molecule has 0 radical (unpaired) electrons. The number of ether oxygens (including phenoxy) is 1. The number of hydrogen-bond donors (Lipinski definition) is 3. The summed E-state index contributed by atoms with van der Waals surface area (Å²) in [5.74, 6) is 1.36. The van der Waals surface area contributed by atoms with Crippen molar-refractivity contribution in [1.29, 1.82) is 0 Å². The van der Waals surface area contributed by atoms with Gasteiger partial charge in [0.2, 0.25) is 11.9 Å². The Morgan fingerprint density at radius 1 is 0.907 bits per heavy atom. The number of fused-ring (bicyclic) bond motifs is 1. The molecule has 0 bridgehead atoms. The van der Waals surface area contributed by atoms with Crippen LogP contribution in [0.3, 0.4) is 0 Å². The minimum Gasteiger partial charge on any atom is -0.496 e. The second-order valence-electron chi connectivity index (χ2n) is 10.2. The van der Waals surface area contributed by atoms with E-state index in [9.17, 15) is 9.59 Å². The number of rotatable bonds is 10. The summed E-state index contributed by atoms with van der Waals surface area (Å²) in [6, 6.07) is 23.9. The van der Waals surface area contributed by atoms with Crippen molar-refractivity contribution in [2.75, 3.05) is 43.7 Å². The van der Waals surface area contributed by atoms with Gasteiger partial charge in [-0.25, -0.2) is 4.98 Å². The van der Waals surface area contributed by atoms with Gasteiger partial charge in [-0.3, -0.25) is 9.59 Å². The normalized spacial score (nSPS) is 11.2. The molecule has 218 valence electrons. The predicted octanol–water partition coefficient (Wildman–Crippen LogP) is 5.79. The number of methoxy groups -OCH3 is 1. The molecular formula is C33H33N7O3. The number of carbonyl (C=O) groups excluding carboxylic acids is 2. The number of carbonyl (C=O) groups is 2. The second-order valence-corrected chi connectivity index (χ2v) is 10.2. The van der Waals surface area contributed by atoms with Crippen molar-refractivity contribution >= 4 is 45.7 Å². The predicted molar refractivity (Wildman–Crippen MR) is 171 cm³/mol. The van der Waals surface area contributed by atoms with Gasteiger partial charge in [0.05, 0.1) is 12.6 Å². The topological polar surface area (TPSA) is 113 Å². The zero-order chi connectivity index (χ0) is 30.3. The molecule has 3 N–H and O–H groups in total. The molecule has 3 aromatic carbocycles. The third-order valence-electron chi connectivity index (χ3n) is 6.51. The lowest BCUT2D eigenvalue weighted by molar-refractivity contribution is -0.111. The monoisotopic (exact) mass is 575 g/mol. The highest BCUT2D eigenvalue weighted by atomic mass is 16.5. The molecule has 10 heteroatoms. The van der Waals surface area contributed by atoms with Crippen molar-refractivity contribution in [1.82, 2.24) is 19.4 Å². The Morgan fingerprint density at radius 2 is 1.65 bits per heavy atom. The van der Waals surface area contributed by atoms with E-state index in [-0.39, 0.29) is 11.8 Å². The molecule has 2 aromatic heterocycles. The lowest BCUT2D eigenvalue weighted by Gasteiger charge is -2.12. The van der Waals surface area contributed by atoms with Crippen molar-refractivity contribution in [3.8, 4) is 11.6 Å². The quantitative estimate of drug-likeness (QED) is 0.181. The van der Waals surface area contributed by atoms with E-state index in [1.807, 2.05) is 79.1 Å². The van der Waals surface area contributed by atoms with Crippen LogP contribution in [-0.2, 0) is 4.79 Å². The maximum Gasteiger partial charge on any atom is 0.255 e. The number of benzene rings is 3. The van der Waals surface area contributed by atoms with E-state index in [1.165, 1.54) is 6.08 Å². The van der Waals surface area contributed by atoms with Crippen molar-refractivity contribution < 1.29 is 14.3 Å². The number of hydrogen-bond acceptors (Lipinski definition) is 7. The van der Waals surface area contributed by atoms with Crippen LogP contribution in [-0.4, -0.2) is 59.0 Å². The number of likely N-dealkylation sites (N-methyl/N-ethyl adjacent to an activating group) is 1. The average Bonchev–Trinajstić information content (AvgIpc) is 3.41. The summed E-state index contributed by atoms with van der Waals surface area (Å²) < 4.78 is 7.49. The Kier molecular flexibility index (Phi) is 8.78. The fourth-order valence-electron chi connectivity index (χ4n) is 4.55. The molecule has 0 atom stereocenters. The lowest BCUT2D eigenvalue weighted by atomic mass is 10.1. The molecule has 0 aliphatic heterocycles. The summed E-state index contributed by atoms with van der Waals surface area (Å²) in [7, 11) is 5.50. The smallest absolute Gasteiger partial charge is 0.255 e. The SMILES string of the molecule is COc1cccc2c1ccn2-c1cc(C)nc(Nc2cccc(NC(=O)c3cccc(NC(=O)C=CCN(C)C)c3)c2)n1. The zero-order valence-electron chi connectivity index (χ0n) is 24.5. The van der Waals surface area contributed by atoms with Gasteiger partial charge in [0.25, 0.3) is 5.91 Å². The first-order chi connectivity index (χ1) is 20.8. The molecule has 2 heterocycles. The highest BCUT2D eigenvalue weighted by Gasteiger charge is 2.12. The maximum atomic E-state index is 13.0. The van der Waals surface area contributed by atoms with Crippen molar-refractivity contribution in [3.05, 3.63) is 108 Å². The van der Waals surface area contributed by atoms with Crippen LogP contribution in [0.4, 0.5) is 23.0 Å². The van der Waals surface area contributed by atoms with E-state index < -0.39 is 0 Å². The summed E-state index contributed by atoms with van der Waals surface area (Å²) in [5, 5.41) is 9.96. The first-order valence-electron chi connectivity index (χ1n) is 13.7. The summed E-state index contributed by atoms with van der Waals surface area (Å²) in [5.41, 5.74) is 4.00. The molecule has 0 saturated heterocycles. The molecule has 5 aromatic rings. The van der Waals surface area contributed by atoms with Crippen LogP contribution in [0.1, 0.15) is 16.1 Å². The highest BCUT2D eigenvalue weighted by Crippen LogP contribution is 2.29. The third kappa shape index (κ3) is 7.24. The van der Waals surface area contributed by atoms with E-state index >= 15 is 0 Å². The van der Waals surface area contributed by atoms with Gasteiger partial charge in [-0.1, -0.05) is 24.3 Å². The van der Waals surface area contributed by atoms with Crippen LogP contribution in [0.25, 0.3) is 16.7 Å². The van der Waals surface area contributed by atoms with Gasteiger partial charge in [0.15, 0.2) is 0 Å². The molecule has 10 nitrogen and oxygen atoms in total. The van der Waals surface area contributed by atoms with Gasteiger partial charge >= 0.3 is 0 Å². The maximum absolute atomic E-state index is 13.0. The largest absolute Gasteiger partial charge is 0.496 e. The Balaban J connectivity index is 1.29. The Labute approximate surface area is 250 Å². The molecule has 0 saturated carbocycles. The Bertz CT molecular complexity index is 1810. The fraction of sp³-hybridized carbons (Fsp3) is 0.152. The first kappa shape index (κ1) is 29.0. The van der Waals surface area contributed by atoms with E-state index in [2.05, 4.69) is 20.9 Å². The van der Waals surface area contributed by atoms with Crippen LogP contribution in [0.2, 0.25) is 0 Å². The number of nitrogens with one attached hydrogen (secondary N) is 3. The van der Waals surface area contributed by atoms with Gasteiger partial charge in [0, 0.05) is 58.6 Å². The minimum absolute atomic E-state index is 0.260. The zero-order valence-corrected chi connectivity index (χ0v) is 24.5. The lowest BCUT2D eigenvalue weighted by Crippen LogP contribution is -2.14. The second kappa shape index (κ2) is 13.0. The van der Waals surface area contributed by atoms with Crippen LogP contribution >= 0.6 is 0 Å². The Hall–Kier alpha value is -5.48. The molecule has 0 aliphatic carbocycles. The van der Waals surface area contributed by atoms with Crippen molar-refractivity contribution in [2.24, 2.45) is 0 Å². The van der Waals surface area contributed by atoms with Crippen LogP contribution < -0.4 is 20.7 Å².